The second kappa shape index (κ2) is 7.00. The fourth-order valence-electron chi connectivity index (χ4n) is 2.20. The second-order valence-corrected chi connectivity index (χ2v) is 5.16. The first-order valence-electron chi connectivity index (χ1n) is 7.46. The van der Waals surface area contributed by atoms with Crippen molar-refractivity contribution in [2.75, 3.05) is 7.11 Å². The molecule has 0 bridgehead atoms. The van der Waals surface area contributed by atoms with Crippen LogP contribution in [0.25, 0.3) is 11.5 Å². The summed E-state index contributed by atoms with van der Waals surface area (Å²) in [7, 11) is 1.58. The molecule has 0 spiro atoms. The molecule has 0 aliphatic carbocycles. The van der Waals surface area contributed by atoms with E-state index in [4.69, 9.17) is 13.9 Å². The van der Waals surface area contributed by atoms with E-state index < -0.39 is 11.0 Å². The van der Waals surface area contributed by atoms with Crippen LogP contribution in [0.2, 0.25) is 0 Å². The fourth-order valence-corrected chi connectivity index (χ4v) is 2.20. The van der Waals surface area contributed by atoms with Crippen LogP contribution in [0.4, 0.5) is 5.69 Å². The average Bonchev–Trinajstić information content (AvgIpc) is 3.12. The highest BCUT2D eigenvalue weighted by Gasteiger charge is 2.21. The number of para-hydroxylation sites is 2. The number of methoxy groups -OCH3 is 1. The van der Waals surface area contributed by atoms with Crippen molar-refractivity contribution in [1.29, 1.82) is 0 Å². The first-order chi connectivity index (χ1) is 12.1. The summed E-state index contributed by atoms with van der Waals surface area (Å²) in [6, 6.07) is 13.3. The number of rotatable bonds is 6. The van der Waals surface area contributed by atoms with Gasteiger partial charge in [0.05, 0.1) is 12.0 Å². The smallest absolute Gasteiger partial charge is 0.310 e. The number of hydrogen-bond acceptors (Lipinski definition) is 7. The van der Waals surface area contributed by atoms with Crippen LogP contribution >= 0.6 is 0 Å². The van der Waals surface area contributed by atoms with E-state index in [1.807, 2.05) is 0 Å². The molecule has 128 valence electrons. The van der Waals surface area contributed by atoms with Crippen LogP contribution in [0.15, 0.2) is 52.9 Å². The highest BCUT2D eigenvalue weighted by Crippen LogP contribution is 2.31. The second-order valence-electron chi connectivity index (χ2n) is 5.16. The van der Waals surface area contributed by atoms with Gasteiger partial charge in [0.2, 0.25) is 5.89 Å². The number of aromatic nitrogens is 2. The van der Waals surface area contributed by atoms with Crippen molar-refractivity contribution >= 4 is 5.69 Å². The quantitative estimate of drug-likeness (QED) is 0.496. The van der Waals surface area contributed by atoms with E-state index in [0.717, 1.165) is 11.3 Å². The first-order valence-corrected chi connectivity index (χ1v) is 7.46. The summed E-state index contributed by atoms with van der Waals surface area (Å²) in [6.07, 6.45) is -0.638. The van der Waals surface area contributed by atoms with E-state index in [-0.39, 0.29) is 17.3 Å². The third-order valence-corrected chi connectivity index (χ3v) is 3.49. The van der Waals surface area contributed by atoms with Gasteiger partial charge in [-0.1, -0.05) is 12.1 Å². The summed E-state index contributed by atoms with van der Waals surface area (Å²) in [4.78, 5) is 10.5. The molecule has 0 aliphatic rings. The molecular weight excluding hydrogens is 326 g/mol. The lowest BCUT2D eigenvalue weighted by Crippen LogP contribution is -2.05. The number of nitrogens with zero attached hydrogens (tertiary/aromatic N) is 3. The summed E-state index contributed by atoms with van der Waals surface area (Å²) in [5.41, 5.74) is 0.613. The molecule has 1 aromatic heterocycles. The number of hydrogen-bond donors (Lipinski definition) is 0. The zero-order valence-electron chi connectivity index (χ0n) is 13.6. The molecule has 3 aromatic rings. The van der Waals surface area contributed by atoms with Crippen LogP contribution in [0.1, 0.15) is 18.9 Å². The molecule has 0 saturated heterocycles. The monoisotopic (exact) mass is 341 g/mol. The number of nitro benzene ring substituents is 1. The summed E-state index contributed by atoms with van der Waals surface area (Å²) in [6.45, 7) is 1.68. The molecule has 0 amide bonds. The Morgan fingerprint density at radius 2 is 1.84 bits per heavy atom. The fraction of sp³-hybridized carbons (Fsp3) is 0.176. The van der Waals surface area contributed by atoms with E-state index in [1.54, 1.807) is 50.4 Å². The number of ether oxygens (including phenoxy) is 2. The van der Waals surface area contributed by atoms with Crippen molar-refractivity contribution in [3.63, 3.8) is 0 Å². The SMILES string of the molecule is COc1ccc(-c2nnc([C@@H](C)Oc3ccccc3[N+](=O)[O-])o2)cc1. The lowest BCUT2D eigenvalue weighted by molar-refractivity contribution is -0.386. The Kier molecular flexibility index (Phi) is 4.60. The zero-order valence-corrected chi connectivity index (χ0v) is 13.6. The maximum atomic E-state index is 11.0. The lowest BCUT2D eigenvalue weighted by atomic mass is 10.2. The van der Waals surface area contributed by atoms with Crippen molar-refractivity contribution in [2.45, 2.75) is 13.0 Å². The Morgan fingerprint density at radius 1 is 1.12 bits per heavy atom. The Labute approximate surface area is 143 Å². The van der Waals surface area contributed by atoms with Crippen LogP contribution in [0.3, 0.4) is 0 Å². The molecule has 3 rings (SSSR count). The van der Waals surface area contributed by atoms with Gasteiger partial charge in [0.1, 0.15) is 5.75 Å². The topological polar surface area (TPSA) is 101 Å². The first kappa shape index (κ1) is 16.4. The molecule has 0 unspecified atom stereocenters. The van der Waals surface area contributed by atoms with Gasteiger partial charge >= 0.3 is 5.69 Å². The van der Waals surface area contributed by atoms with Gasteiger partial charge in [-0.25, -0.2) is 0 Å². The summed E-state index contributed by atoms with van der Waals surface area (Å²) in [5, 5.41) is 19.0. The van der Waals surface area contributed by atoms with Gasteiger partial charge in [0, 0.05) is 11.6 Å². The Morgan fingerprint density at radius 3 is 2.52 bits per heavy atom. The van der Waals surface area contributed by atoms with Crippen LogP contribution in [0.5, 0.6) is 11.5 Å². The van der Waals surface area contributed by atoms with Crippen LogP contribution in [-0.2, 0) is 0 Å². The van der Waals surface area contributed by atoms with Gasteiger partial charge in [-0.3, -0.25) is 10.1 Å². The van der Waals surface area contributed by atoms with Gasteiger partial charge < -0.3 is 13.9 Å². The van der Waals surface area contributed by atoms with E-state index in [2.05, 4.69) is 10.2 Å². The average molecular weight is 341 g/mol. The highest BCUT2D eigenvalue weighted by molar-refractivity contribution is 5.54. The lowest BCUT2D eigenvalue weighted by Gasteiger charge is -2.10. The van der Waals surface area contributed by atoms with Gasteiger partial charge in [0.25, 0.3) is 5.89 Å². The molecule has 0 fully saturated rings. The summed E-state index contributed by atoms with van der Waals surface area (Å²) >= 11 is 0. The molecule has 1 atom stereocenters. The minimum atomic E-state index is -0.638. The minimum absolute atomic E-state index is 0.121. The van der Waals surface area contributed by atoms with Crippen molar-refractivity contribution in [1.82, 2.24) is 10.2 Å². The molecule has 0 aliphatic heterocycles. The molecule has 25 heavy (non-hydrogen) atoms. The number of benzene rings is 2. The maximum Gasteiger partial charge on any atom is 0.310 e. The molecule has 0 saturated carbocycles. The van der Waals surface area contributed by atoms with Crippen LogP contribution in [-0.4, -0.2) is 22.2 Å². The van der Waals surface area contributed by atoms with Gasteiger partial charge in [-0.15, -0.1) is 10.2 Å². The summed E-state index contributed by atoms with van der Waals surface area (Å²) < 4.78 is 16.3. The number of nitro groups is 1. The third kappa shape index (κ3) is 3.57. The van der Waals surface area contributed by atoms with Crippen LogP contribution in [0, 0.1) is 10.1 Å². The predicted octanol–water partition coefficient (Wildman–Crippen LogP) is 3.79. The highest BCUT2D eigenvalue weighted by atomic mass is 16.6. The van der Waals surface area contributed by atoms with Crippen molar-refractivity contribution in [3.05, 3.63) is 64.5 Å². The van der Waals surface area contributed by atoms with Gasteiger partial charge in [-0.05, 0) is 37.3 Å². The summed E-state index contributed by atoms with van der Waals surface area (Å²) in [5.74, 6) is 1.42. The minimum Gasteiger partial charge on any atom is -0.497 e. The van der Waals surface area contributed by atoms with E-state index >= 15 is 0 Å². The standard InChI is InChI=1S/C17H15N3O5/c1-11(24-15-6-4-3-5-14(15)20(21)22)16-18-19-17(25-16)12-7-9-13(23-2)10-8-12/h3-11H,1-2H3/t11-/m1/s1. The molecule has 8 heteroatoms. The predicted molar refractivity (Wildman–Crippen MR) is 88.4 cm³/mol. The van der Waals surface area contributed by atoms with E-state index in [9.17, 15) is 10.1 Å². The maximum absolute atomic E-state index is 11.0. The van der Waals surface area contributed by atoms with Crippen molar-refractivity contribution in [3.8, 4) is 23.0 Å². The molecule has 2 aromatic carbocycles. The van der Waals surface area contributed by atoms with Gasteiger partial charge in [0.15, 0.2) is 11.9 Å². The molecule has 0 radical (unpaired) electrons. The normalized spacial score (nSPS) is 11.8. The Balaban J connectivity index is 1.79. The Bertz CT molecular complexity index is 876. The zero-order chi connectivity index (χ0) is 17.8. The van der Waals surface area contributed by atoms with Crippen molar-refractivity contribution in [2.24, 2.45) is 0 Å². The van der Waals surface area contributed by atoms with Crippen LogP contribution < -0.4 is 9.47 Å². The van der Waals surface area contributed by atoms with E-state index in [1.165, 1.54) is 12.1 Å². The largest absolute Gasteiger partial charge is 0.497 e. The Hall–Kier alpha value is -3.42. The van der Waals surface area contributed by atoms with Crippen molar-refractivity contribution < 1.29 is 18.8 Å². The van der Waals surface area contributed by atoms with Gasteiger partial charge in [-0.2, -0.15) is 0 Å². The molecular formula is C17H15N3O5. The molecule has 1 heterocycles. The van der Waals surface area contributed by atoms with E-state index in [0.29, 0.717) is 5.89 Å². The molecule has 0 N–H and O–H groups in total. The molecule has 8 nitrogen and oxygen atoms in total. The third-order valence-electron chi connectivity index (χ3n) is 3.49.